The van der Waals surface area contributed by atoms with Gasteiger partial charge in [0.05, 0.1) is 6.20 Å². The lowest BCUT2D eigenvalue weighted by molar-refractivity contribution is 0.102. The van der Waals surface area contributed by atoms with Crippen molar-refractivity contribution in [1.82, 2.24) is 25.0 Å². The van der Waals surface area contributed by atoms with Crippen LogP contribution in [0.3, 0.4) is 0 Å². The molecule has 0 radical (unpaired) electrons. The van der Waals surface area contributed by atoms with Gasteiger partial charge in [0.2, 0.25) is 5.95 Å². The van der Waals surface area contributed by atoms with Gasteiger partial charge in [-0.2, -0.15) is 4.98 Å². The van der Waals surface area contributed by atoms with E-state index in [0.717, 1.165) is 30.3 Å². The number of nitrogens with one attached hydrogen (secondary N) is 2. The molecule has 0 aliphatic carbocycles. The molecule has 3 aromatic rings. The monoisotopic (exact) mass is 392 g/mol. The number of benzene rings is 1. The number of hydrogen-bond donors (Lipinski definition) is 2. The van der Waals surface area contributed by atoms with Gasteiger partial charge in [0.15, 0.2) is 5.69 Å². The molecule has 9 nitrogen and oxygen atoms in total. The van der Waals surface area contributed by atoms with Crippen molar-refractivity contribution in [3.63, 3.8) is 0 Å². The van der Waals surface area contributed by atoms with Crippen molar-refractivity contribution in [3.05, 3.63) is 47.9 Å². The number of nitrogens with zero attached hydrogens (tertiary/aromatic N) is 6. The van der Waals surface area contributed by atoms with E-state index in [1.54, 1.807) is 13.2 Å². The zero-order valence-corrected chi connectivity index (χ0v) is 16.6. The first-order chi connectivity index (χ1) is 14.1. The van der Waals surface area contributed by atoms with Gasteiger partial charge in [0.25, 0.3) is 5.91 Å². The van der Waals surface area contributed by atoms with Crippen LogP contribution in [0.2, 0.25) is 0 Å². The van der Waals surface area contributed by atoms with E-state index in [4.69, 9.17) is 0 Å². The van der Waals surface area contributed by atoms with Crippen molar-refractivity contribution in [2.75, 3.05) is 28.6 Å². The second-order valence-electron chi connectivity index (χ2n) is 7.17. The molecular formula is C20H24N8O. The highest BCUT2D eigenvalue weighted by molar-refractivity contribution is 6.02. The molecule has 1 saturated heterocycles. The molecule has 1 amide bonds. The fraction of sp³-hybridized carbons (Fsp3) is 0.350. The highest BCUT2D eigenvalue weighted by Gasteiger charge is 2.14. The number of carbonyl (C=O) groups is 1. The van der Waals surface area contributed by atoms with Crippen molar-refractivity contribution >= 4 is 29.0 Å². The number of piperidine rings is 1. The Kier molecular flexibility index (Phi) is 5.37. The Morgan fingerprint density at radius 1 is 1.03 bits per heavy atom. The van der Waals surface area contributed by atoms with E-state index in [1.165, 1.54) is 23.9 Å². The highest BCUT2D eigenvalue weighted by Crippen LogP contribution is 2.22. The summed E-state index contributed by atoms with van der Waals surface area (Å²) in [5.74, 6) is 1.24. The van der Waals surface area contributed by atoms with Gasteiger partial charge >= 0.3 is 0 Å². The number of anilines is 4. The zero-order chi connectivity index (χ0) is 20.2. The summed E-state index contributed by atoms with van der Waals surface area (Å²) in [6.07, 6.45) is 5.26. The Hall–Kier alpha value is -3.49. The van der Waals surface area contributed by atoms with Crippen LogP contribution >= 0.6 is 0 Å². The minimum atomic E-state index is -0.299. The highest BCUT2D eigenvalue weighted by atomic mass is 16.2. The summed E-state index contributed by atoms with van der Waals surface area (Å²) in [5.41, 5.74) is 2.71. The molecule has 0 spiro atoms. The summed E-state index contributed by atoms with van der Waals surface area (Å²) in [7, 11) is 1.72. The molecule has 0 saturated carbocycles. The van der Waals surface area contributed by atoms with Crippen LogP contribution in [0.4, 0.5) is 23.1 Å². The molecule has 3 heterocycles. The Labute approximate surface area is 169 Å². The van der Waals surface area contributed by atoms with Crippen LogP contribution in [0.15, 0.2) is 36.5 Å². The summed E-state index contributed by atoms with van der Waals surface area (Å²) in [4.78, 5) is 23.7. The average Bonchev–Trinajstić information content (AvgIpc) is 3.16. The second-order valence-corrected chi connectivity index (χ2v) is 7.17. The largest absolute Gasteiger partial charge is 0.356 e. The van der Waals surface area contributed by atoms with E-state index in [9.17, 15) is 4.79 Å². The standard InChI is InChI=1S/C20H24N8O/c1-14-12-18(28-10-4-3-5-11-28)24-20(21-14)23-16-8-6-15(7-9-16)22-19(29)17-13-27(2)26-25-17/h6-9,12-13H,3-5,10-11H2,1-2H3,(H,22,29)(H,21,23,24). The number of rotatable bonds is 5. The predicted molar refractivity (Wildman–Crippen MR) is 112 cm³/mol. The first kappa shape index (κ1) is 18.9. The molecule has 1 aliphatic heterocycles. The zero-order valence-electron chi connectivity index (χ0n) is 16.6. The Morgan fingerprint density at radius 3 is 2.45 bits per heavy atom. The number of carbonyl (C=O) groups excluding carboxylic acids is 1. The minimum absolute atomic E-state index is 0.271. The molecule has 0 bridgehead atoms. The van der Waals surface area contributed by atoms with Crippen LogP contribution in [-0.4, -0.2) is 44.0 Å². The third-order valence-electron chi connectivity index (χ3n) is 4.75. The Morgan fingerprint density at radius 2 is 1.76 bits per heavy atom. The fourth-order valence-corrected chi connectivity index (χ4v) is 3.31. The van der Waals surface area contributed by atoms with E-state index in [-0.39, 0.29) is 11.6 Å². The molecule has 4 rings (SSSR count). The maximum Gasteiger partial charge on any atom is 0.277 e. The van der Waals surface area contributed by atoms with E-state index in [1.807, 2.05) is 37.3 Å². The molecule has 2 aromatic heterocycles. The van der Waals surface area contributed by atoms with Crippen molar-refractivity contribution in [2.45, 2.75) is 26.2 Å². The van der Waals surface area contributed by atoms with Crippen LogP contribution in [0.25, 0.3) is 0 Å². The smallest absolute Gasteiger partial charge is 0.277 e. The van der Waals surface area contributed by atoms with Crippen LogP contribution < -0.4 is 15.5 Å². The normalized spacial score (nSPS) is 13.9. The fourth-order valence-electron chi connectivity index (χ4n) is 3.31. The first-order valence-corrected chi connectivity index (χ1v) is 9.72. The maximum atomic E-state index is 12.2. The van der Waals surface area contributed by atoms with E-state index in [0.29, 0.717) is 11.6 Å². The molecule has 1 aromatic carbocycles. The van der Waals surface area contributed by atoms with Crippen LogP contribution in [0, 0.1) is 6.92 Å². The molecule has 150 valence electrons. The summed E-state index contributed by atoms with van der Waals surface area (Å²) in [5, 5.41) is 13.6. The third kappa shape index (κ3) is 4.68. The van der Waals surface area contributed by atoms with Crippen LogP contribution in [0.1, 0.15) is 35.4 Å². The molecule has 0 unspecified atom stereocenters. The molecule has 29 heavy (non-hydrogen) atoms. The predicted octanol–water partition coefficient (Wildman–Crippen LogP) is 2.90. The van der Waals surface area contributed by atoms with Gasteiger partial charge in [-0.05, 0) is 50.5 Å². The Balaban J connectivity index is 1.43. The number of amides is 1. The maximum absolute atomic E-state index is 12.2. The van der Waals surface area contributed by atoms with E-state index in [2.05, 4.69) is 35.8 Å². The summed E-state index contributed by atoms with van der Waals surface area (Å²) in [6, 6.07) is 9.41. The lowest BCUT2D eigenvalue weighted by Gasteiger charge is -2.28. The molecule has 0 atom stereocenters. The van der Waals surface area contributed by atoms with Gasteiger partial charge in [0.1, 0.15) is 5.82 Å². The second kappa shape index (κ2) is 8.26. The van der Waals surface area contributed by atoms with E-state index < -0.39 is 0 Å². The number of aryl methyl sites for hydroxylation is 2. The van der Waals surface area contributed by atoms with Gasteiger partial charge in [-0.1, -0.05) is 5.21 Å². The summed E-state index contributed by atoms with van der Waals surface area (Å²) in [6.45, 7) is 4.05. The van der Waals surface area contributed by atoms with Gasteiger partial charge in [-0.3, -0.25) is 9.48 Å². The molecule has 1 aliphatic rings. The first-order valence-electron chi connectivity index (χ1n) is 9.72. The van der Waals surface area contributed by atoms with Crippen molar-refractivity contribution < 1.29 is 4.79 Å². The topological polar surface area (TPSA) is 101 Å². The average molecular weight is 392 g/mol. The molecular weight excluding hydrogens is 368 g/mol. The Bertz CT molecular complexity index is 992. The van der Waals surface area contributed by atoms with Gasteiger partial charge in [0, 0.05) is 43.3 Å². The van der Waals surface area contributed by atoms with Gasteiger partial charge < -0.3 is 15.5 Å². The molecule has 9 heteroatoms. The van der Waals surface area contributed by atoms with Crippen molar-refractivity contribution in [3.8, 4) is 0 Å². The summed E-state index contributed by atoms with van der Waals surface area (Å²) >= 11 is 0. The lowest BCUT2D eigenvalue weighted by atomic mass is 10.1. The molecule has 2 N–H and O–H groups in total. The number of hydrogen-bond acceptors (Lipinski definition) is 7. The lowest BCUT2D eigenvalue weighted by Crippen LogP contribution is -2.30. The van der Waals surface area contributed by atoms with Crippen LogP contribution in [-0.2, 0) is 7.05 Å². The van der Waals surface area contributed by atoms with Gasteiger partial charge in [-0.15, -0.1) is 5.10 Å². The molecule has 1 fully saturated rings. The van der Waals surface area contributed by atoms with Crippen LogP contribution in [0.5, 0.6) is 0 Å². The third-order valence-corrected chi connectivity index (χ3v) is 4.75. The summed E-state index contributed by atoms with van der Waals surface area (Å²) < 4.78 is 1.49. The quantitative estimate of drug-likeness (QED) is 0.688. The SMILES string of the molecule is Cc1cc(N2CCCCC2)nc(Nc2ccc(NC(=O)c3cn(C)nn3)cc2)n1. The minimum Gasteiger partial charge on any atom is -0.356 e. The van der Waals surface area contributed by atoms with E-state index >= 15 is 0 Å². The van der Waals surface area contributed by atoms with Crippen molar-refractivity contribution in [2.24, 2.45) is 7.05 Å². The van der Waals surface area contributed by atoms with Gasteiger partial charge in [-0.25, -0.2) is 4.98 Å². The van der Waals surface area contributed by atoms with Crippen molar-refractivity contribution in [1.29, 1.82) is 0 Å². The number of aromatic nitrogens is 5.